The Morgan fingerprint density at radius 1 is 0.744 bits per heavy atom. The number of ether oxygens (including phenoxy) is 1. The van der Waals surface area contributed by atoms with Crippen LogP contribution >= 0.6 is 0 Å². The molecule has 3 heterocycles. The van der Waals surface area contributed by atoms with Crippen molar-refractivity contribution in [1.29, 1.82) is 0 Å². The molecule has 39 heavy (non-hydrogen) atoms. The highest BCUT2D eigenvalue weighted by atomic mass is 16.5. The second-order valence-electron chi connectivity index (χ2n) is 9.74. The summed E-state index contributed by atoms with van der Waals surface area (Å²) < 4.78 is 6.87. The standard InChI is InChI=1S/C31H31N5O3/c1-39-25-15-9-8-14-24(25)35-19-16-34(17-20-35)18-21-36-30(37)27-26(22-10-4-2-5-11-22)28(23-12-6-3-7-13-23)32-29(27)33-31(36)38/h2-15,32H,16-21H2,1H3,(H,33,38). The van der Waals surface area contributed by atoms with Crippen molar-refractivity contribution in [3.05, 3.63) is 106 Å². The molecule has 0 radical (unpaired) electrons. The van der Waals surface area contributed by atoms with E-state index in [0.29, 0.717) is 24.1 Å². The first-order chi connectivity index (χ1) is 19.1. The summed E-state index contributed by atoms with van der Waals surface area (Å²) in [6, 6.07) is 27.8. The van der Waals surface area contributed by atoms with Crippen molar-refractivity contribution >= 4 is 16.7 Å². The number of methoxy groups -OCH3 is 1. The first-order valence-electron chi connectivity index (χ1n) is 13.2. The van der Waals surface area contributed by atoms with Crippen LogP contribution in [-0.4, -0.2) is 59.3 Å². The molecule has 0 unspecified atom stereocenters. The number of aromatic nitrogens is 3. The lowest BCUT2D eigenvalue weighted by Crippen LogP contribution is -2.48. The number of nitrogens with zero attached hydrogens (tertiary/aromatic N) is 3. The molecule has 1 saturated heterocycles. The number of hydrogen-bond acceptors (Lipinski definition) is 5. The monoisotopic (exact) mass is 521 g/mol. The molecule has 0 bridgehead atoms. The molecule has 8 heteroatoms. The average molecular weight is 522 g/mol. The van der Waals surface area contributed by atoms with E-state index in [9.17, 15) is 9.59 Å². The van der Waals surface area contributed by atoms with Gasteiger partial charge in [-0.3, -0.25) is 19.2 Å². The van der Waals surface area contributed by atoms with Crippen LogP contribution in [0.4, 0.5) is 5.69 Å². The summed E-state index contributed by atoms with van der Waals surface area (Å²) in [6.45, 7) is 4.31. The molecule has 0 atom stereocenters. The maximum Gasteiger partial charge on any atom is 0.329 e. The molecular weight excluding hydrogens is 490 g/mol. The Morgan fingerprint density at radius 3 is 2.08 bits per heavy atom. The van der Waals surface area contributed by atoms with Gasteiger partial charge in [0.15, 0.2) is 0 Å². The minimum Gasteiger partial charge on any atom is -0.495 e. The van der Waals surface area contributed by atoms with Crippen LogP contribution < -0.4 is 20.9 Å². The zero-order chi connectivity index (χ0) is 26.8. The number of nitrogens with one attached hydrogen (secondary N) is 2. The van der Waals surface area contributed by atoms with E-state index >= 15 is 0 Å². The van der Waals surface area contributed by atoms with Crippen molar-refractivity contribution in [3.8, 4) is 28.1 Å². The number of hydrogen-bond donors (Lipinski definition) is 2. The number of para-hydroxylation sites is 2. The molecule has 0 aliphatic carbocycles. The Bertz CT molecular complexity index is 1700. The van der Waals surface area contributed by atoms with Crippen LogP contribution in [0.25, 0.3) is 33.4 Å². The Kier molecular flexibility index (Phi) is 6.77. The minimum absolute atomic E-state index is 0.279. The molecule has 2 aromatic heterocycles. The highest BCUT2D eigenvalue weighted by molar-refractivity contribution is 6.01. The van der Waals surface area contributed by atoms with E-state index in [0.717, 1.165) is 60.0 Å². The van der Waals surface area contributed by atoms with E-state index in [1.165, 1.54) is 4.57 Å². The molecule has 8 nitrogen and oxygen atoms in total. The Hall–Kier alpha value is -4.56. The molecule has 198 valence electrons. The summed E-state index contributed by atoms with van der Waals surface area (Å²) in [5, 5.41) is 0.501. The lowest BCUT2D eigenvalue weighted by molar-refractivity contribution is 0.245. The normalized spacial score (nSPS) is 14.1. The fourth-order valence-electron chi connectivity index (χ4n) is 5.47. The smallest absolute Gasteiger partial charge is 0.329 e. The predicted molar refractivity (Wildman–Crippen MR) is 156 cm³/mol. The van der Waals surface area contributed by atoms with E-state index < -0.39 is 5.69 Å². The van der Waals surface area contributed by atoms with E-state index in [1.807, 2.05) is 78.9 Å². The van der Waals surface area contributed by atoms with Crippen molar-refractivity contribution < 1.29 is 4.74 Å². The largest absolute Gasteiger partial charge is 0.495 e. The molecule has 1 aliphatic rings. The number of fused-ring (bicyclic) bond motifs is 1. The lowest BCUT2D eigenvalue weighted by atomic mass is 9.99. The number of rotatable bonds is 7. The van der Waals surface area contributed by atoms with E-state index in [1.54, 1.807) is 7.11 Å². The number of benzene rings is 3. The van der Waals surface area contributed by atoms with E-state index in [4.69, 9.17) is 4.74 Å². The molecule has 1 fully saturated rings. The Balaban J connectivity index is 1.28. The summed E-state index contributed by atoms with van der Waals surface area (Å²) in [5.74, 6) is 0.868. The van der Waals surface area contributed by atoms with Crippen molar-refractivity contribution in [2.24, 2.45) is 0 Å². The fourth-order valence-corrected chi connectivity index (χ4v) is 5.47. The number of H-pyrrole nitrogens is 2. The number of aromatic amines is 2. The van der Waals surface area contributed by atoms with Crippen LogP contribution in [0.2, 0.25) is 0 Å². The van der Waals surface area contributed by atoms with Crippen molar-refractivity contribution in [2.45, 2.75) is 6.54 Å². The third kappa shape index (κ3) is 4.75. The predicted octanol–water partition coefficient (Wildman–Crippen LogP) is 4.18. The van der Waals surface area contributed by atoms with Gasteiger partial charge in [0.25, 0.3) is 5.56 Å². The average Bonchev–Trinajstić information content (AvgIpc) is 3.38. The molecule has 6 rings (SSSR count). The van der Waals surface area contributed by atoms with E-state index in [-0.39, 0.29) is 5.56 Å². The molecule has 0 spiro atoms. The summed E-state index contributed by atoms with van der Waals surface area (Å²) in [4.78, 5) is 37.8. The van der Waals surface area contributed by atoms with Gasteiger partial charge in [-0.15, -0.1) is 0 Å². The zero-order valence-corrected chi connectivity index (χ0v) is 21.9. The second kappa shape index (κ2) is 10.7. The number of anilines is 1. The molecular formula is C31H31N5O3. The summed E-state index contributed by atoms with van der Waals surface area (Å²) in [6.07, 6.45) is 0. The summed E-state index contributed by atoms with van der Waals surface area (Å²) >= 11 is 0. The number of piperazine rings is 1. The molecule has 3 aromatic carbocycles. The van der Waals surface area contributed by atoms with E-state index in [2.05, 4.69) is 25.8 Å². The molecule has 1 aliphatic heterocycles. The van der Waals surface area contributed by atoms with Crippen LogP contribution in [0.15, 0.2) is 94.5 Å². The first-order valence-corrected chi connectivity index (χ1v) is 13.2. The highest BCUT2D eigenvalue weighted by Crippen LogP contribution is 2.35. The maximum absolute atomic E-state index is 13.9. The van der Waals surface area contributed by atoms with Gasteiger partial charge in [0, 0.05) is 44.8 Å². The maximum atomic E-state index is 13.9. The summed E-state index contributed by atoms with van der Waals surface area (Å²) in [7, 11) is 1.69. The minimum atomic E-state index is -0.402. The van der Waals surface area contributed by atoms with Gasteiger partial charge in [0.05, 0.1) is 23.9 Å². The van der Waals surface area contributed by atoms with Crippen molar-refractivity contribution in [3.63, 3.8) is 0 Å². The fraction of sp³-hybridized carbons (Fsp3) is 0.226. The van der Waals surface area contributed by atoms with Crippen LogP contribution in [0.1, 0.15) is 0 Å². The van der Waals surface area contributed by atoms with Gasteiger partial charge >= 0.3 is 5.69 Å². The van der Waals surface area contributed by atoms with Gasteiger partial charge in [-0.05, 0) is 23.3 Å². The van der Waals surface area contributed by atoms with Crippen molar-refractivity contribution in [1.82, 2.24) is 19.4 Å². The van der Waals surface area contributed by atoms with Crippen LogP contribution in [-0.2, 0) is 6.54 Å². The van der Waals surface area contributed by atoms with Gasteiger partial charge in [-0.25, -0.2) is 4.79 Å². The Morgan fingerprint density at radius 2 is 1.38 bits per heavy atom. The van der Waals surface area contributed by atoms with Crippen LogP contribution in [0.5, 0.6) is 5.75 Å². The topological polar surface area (TPSA) is 86.4 Å². The quantitative estimate of drug-likeness (QED) is 0.336. The second-order valence-corrected chi connectivity index (χ2v) is 9.74. The summed E-state index contributed by atoms with van der Waals surface area (Å²) in [5.41, 5.74) is 4.35. The third-order valence-electron chi connectivity index (χ3n) is 7.50. The highest BCUT2D eigenvalue weighted by Gasteiger charge is 2.22. The van der Waals surface area contributed by atoms with Crippen LogP contribution in [0.3, 0.4) is 0 Å². The van der Waals surface area contributed by atoms with Gasteiger partial charge in [0.1, 0.15) is 11.4 Å². The van der Waals surface area contributed by atoms with Crippen LogP contribution in [0, 0.1) is 0 Å². The SMILES string of the molecule is COc1ccccc1N1CCN(CCn2c(=O)[nH]c3[nH]c(-c4ccccc4)c(-c4ccccc4)c3c2=O)CC1. The lowest BCUT2D eigenvalue weighted by Gasteiger charge is -2.36. The zero-order valence-electron chi connectivity index (χ0n) is 21.9. The molecule has 2 N–H and O–H groups in total. The molecule has 0 saturated carbocycles. The Labute approximate surface area is 226 Å². The van der Waals surface area contributed by atoms with Gasteiger partial charge in [-0.2, -0.15) is 0 Å². The first kappa shape index (κ1) is 24.8. The van der Waals surface area contributed by atoms with Gasteiger partial charge in [-0.1, -0.05) is 72.8 Å². The van der Waals surface area contributed by atoms with Gasteiger partial charge in [0.2, 0.25) is 0 Å². The third-order valence-corrected chi connectivity index (χ3v) is 7.50. The molecule has 0 amide bonds. The van der Waals surface area contributed by atoms with Gasteiger partial charge < -0.3 is 14.6 Å². The molecule has 5 aromatic rings. The van der Waals surface area contributed by atoms with Crippen molar-refractivity contribution in [2.75, 3.05) is 44.7 Å².